The molecule has 0 atom stereocenters. The Balaban J connectivity index is 1.87. The van der Waals surface area contributed by atoms with Crippen molar-refractivity contribution in [3.05, 3.63) is 53.6 Å². The molecule has 0 saturated carbocycles. The highest BCUT2D eigenvalue weighted by Crippen LogP contribution is 2.29. The van der Waals surface area contributed by atoms with Crippen LogP contribution in [0.1, 0.15) is 27.6 Å². The van der Waals surface area contributed by atoms with Gasteiger partial charge in [0.15, 0.2) is 5.78 Å². The maximum absolute atomic E-state index is 13.0. The van der Waals surface area contributed by atoms with E-state index >= 15 is 0 Å². The first-order valence-electron chi connectivity index (χ1n) is 8.92. The number of hydrogen-bond donors (Lipinski definition) is 0. The number of esters is 1. The number of morpholine rings is 1. The van der Waals surface area contributed by atoms with Gasteiger partial charge in [0.1, 0.15) is 16.4 Å². The highest BCUT2D eigenvalue weighted by Gasteiger charge is 2.30. The van der Waals surface area contributed by atoms with Gasteiger partial charge in [-0.05, 0) is 49.4 Å². The molecule has 1 heterocycles. The van der Waals surface area contributed by atoms with Crippen LogP contribution in [0.15, 0.2) is 47.4 Å². The summed E-state index contributed by atoms with van der Waals surface area (Å²) in [5, 5.41) is 0. The van der Waals surface area contributed by atoms with E-state index in [1.807, 2.05) is 0 Å². The van der Waals surface area contributed by atoms with Gasteiger partial charge in [-0.1, -0.05) is 0 Å². The Hall–Kier alpha value is -2.75. The van der Waals surface area contributed by atoms with Gasteiger partial charge < -0.3 is 14.2 Å². The van der Waals surface area contributed by atoms with Gasteiger partial charge in [-0.2, -0.15) is 4.31 Å². The third kappa shape index (κ3) is 4.64. The fraction of sp³-hybridized carbons (Fsp3) is 0.300. The summed E-state index contributed by atoms with van der Waals surface area (Å²) in [4.78, 5) is 23.8. The van der Waals surface area contributed by atoms with Gasteiger partial charge in [-0.25, -0.2) is 13.2 Å². The van der Waals surface area contributed by atoms with E-state index in [0.717, 1.165) is 0 Å². The number of Topliss-reactive ketones (excluding diaryl/α,β-unsaturated/α-hetero) is 1. The zero-order valence-corrected chi connectivity index (χ0v) is 16.9. The van der Waals surface area contributed by atoms with Crippen LogP contribution in [-0.4, -0.2) is 57.9 Å². The van der Waals surface area contributed by atoms with Crippen molar-refractivity contribution in [2.45, 2.75) is 11.8 Å². The molecule has 0 spiro atoms. The summed E-state index contributed by atoms with van der Waals surface area (Å²) in [6.45, 7) is 2.50. The van der Waals surface area contributed by atoms with E-state index in [1.165, 1.54) is 48.7 Å². The normalized spacial score (nSPS) is 15.0. The fourth-order valence-corrected chi connectivity index (χ4v) is 4.44. The molecule has 9 heteroatoms. The highest BCUT2D eigenvalue weighted by atomic mass is 32.2. The van der Waals surface area contributed by atoms with E-state index < -0.39 is 16.0 Å². The van der Waals surface area contributed by atoms with Crippen LogP contribution in [0.5, 0.6) is 11.5 Å². The molecule has 0 radical (unpaired) electrons. The largest absolute Gasteiger partial charge is 0.495 e. The molecule has 8 nitrogen and oxygen atoms in total. The van der Waals surface area contributed by atoms with Crippen molar-refractivity contribution in [3.63, 3.8) is 0 Å². The first-order chi connectivity index (χ1) is 13.8. The monoisotopic (exact) mass is 419 g/mol. The third-order valence-electron chi connectivity index (χ3n) is 4.46. The molecule has 1 aliphatic rings. The zero-order chi connectivity index (χ0) is 21.0. The van der Waals surface area contributed by atoms with Crippen molar-refractivity contribution >= 4 is 21.8 Å². The van der Waals surface area contributed by atoms with Crippen LogP contribution < -0.4 is 9.47 Å². The molecular formula is C20H21NO7S. The molecule has 0 N–H and O–H groups in total. The number of nitrogens with zero attached hydrogens (tertiary/aromatic N) is 1. The Morgan fingerprint density at radius 3 is 2.21 bits per heavy atom. The number of ketones is 1. The summed E-state index contributed by atoms with van der Waals surface area (Å²) >= 11 is 0. The first kappa shape index (κ1) is 21.0. The van der Waals surface area contributed by atoms with Gasteiger partial charge in [0, 0.05) is 18.7 Å². The molecule has 29 heavy (non-hydrogen) atoms. The number of hydrogen-bond acceptors (Lipinski definition) is 7. The van der Waals surface area contributed by atoms with E-state index in [1.54, 1.807) is 12.1 Å². The van der Waals surface area contributed by atoms with Crippen LogP contribution in [0, 0.1) is 0 Å². The van der Waals surface area contributed by atoms with Crippen LogP contribution >= 0.6 is 0 Å². The lowest BCUT2D eigenvalue weighted by atomic mass is 10.1. The van der Waals surface area contributed by atoms with Gasteiger partial charge in [0.2, 0.25) is 10.0 Å². The molecule has 3 rings (SSSR count). The summed E-state index contributed by atoms with van der Waals surface area (Å²) in [6.07, 6.45) is 0. The smallest absolute Gasteiger partial charge is 0.343 e. The Bertz CT molecular complexity index is 1010. The molecule has 154 valence electrons. The van der Waals surface area contributed by atoms with Crippen molar-refractivity contribution < 1.29 is 32.2 Å². The Morgan fingerprint density at radius 2 is 1.62 bits per heavy atom. The molecule has 0 unspecified atom stereocenters. The first-order valence-corrected chi connectivity index (χ1v) is 10.4. The average Bonchev–Trinajstić information content (AvgIpc) is 2.74. The van der Waals surface area contributed by atoms with Crippen molar-refractivity contribution in [3.8, 4) is 11.5 Å². The van der Waals surface area contributed by atoms with Crippen LogP contribution in [0.3, 0.4) is 0 Å². The maximum Gasteiger partial charge on any atom is 0.343 e. The molecule has 1 saturated heterocycles. The molecule has 0 amide bonds. The van der Waals surface area contributed by atoms with Crippen LogP contribution in [0.4, 0.5) is 0 Å². The number of methoxy groups -OCH3 is 1. The van der Waals surface area contributed by atoms with E-state index in [9.17, 15) is 18.0 Å². The summed E-state index contributed by atoms with van der Waals surface area (Å²) in [5.74, 6) is -0.440. The second-order valence-electron chi connectivity index (χ2n) is 6.35. The average molecular weight is 419 g/mol. The van der Waals surface area contributed by atoms with Crippen molar-refractivity contribution in [1.29, 1.82) is 0 Å². The van der Waals surface area contributed by atoms with Crippen molar-refractivity contribution in [1.82, 2.24) is 4.31 Å². The lowest BCUT2D eigenvalue weighted by Gasteiger charge is -2.26. The van der Waals surface area contributed by atoms with Gasteiger partial charge in [0.25, 0.3) is 0 Å². The lowest BCUT2D eigenvalue weighted by Crippen LogP contribution is -2.40. The van der Waals surface area contributed by atoms with Crippen LogP contribution in [0.2, 0.25) is 0 Å². The molecular weight excluding hydrogens is 398 g/mol. The predicted molar refractivity (Wildman–Crippen MR) is 104 cm³/mol. The number of sulfonamides is 1. The van der Waals surface area contributed by atoms with E-state index in [-0.39, 0.29) is 40.8 Å². The van der Waals surface area contributed by atoms with Gasteiger partial charge in [0.05, 0.1) is 25.9 Å². The Kier molecular flexibility index (Phi) is 6.31. The fourth-order valence-electron chi connectivity index (χ4n) is 2.85. The van der Waals surface area contributed by atoms with Crippen molar-refractivity contribution in [2.75, 3.05) is 33.4 Å². The van der Waals surface area contributed by atoms with Crippen LogP contribution in [0.25, 0.3) is 0 Å². The minimum atomic E-state index is -3.87. The summed E-state index contributed by atoms with van der Waals surface area (Å²) < 4.78 is 43.0. The van der Waals surface area contributed by atoms with Crippen molar-refractivity contribution in [2.24, 2.45) is 0 Å². The number of rotatable bonds is 6. The van der Waals surface area contributed by atoms with Crippen LogP contribution in [-0.2, 0) is 14.8 Å². The number of carbonyl (C=O) groups is 2. The minimum Gasteiger partial charge on any atom is -0.495 e. The van der Waals surface area contributed by atoms with E-state index in [4.69, 9.17) is 14.2 Å². The second-order valence-corrected chi connectivity index (χ2v) is 8.26. The topological polar surface area (TPSA) is 99.2 Å². The number of carbonyl (C=O) groups excluding carboxylic acids is 2. The number of benzene rings is 2. The summed E-state index contributed by atoms with van der Waals surface area (Å²) in [5.41, 5.74) is 0.557. The van der Waals surface area contributed by atoms with E-state index in [0.29, 0.717) is 18.8 Å². The van der Waals surface area contributed by atoms with Gasteiger partial charge in [-0.3, -0.25) is 4.79 Å². The minimum absolute atomic E-state index is 0.0632. The molecule has 2 aromatic carbocycles. The molecule has 0 aliphatic carbocycles. The summed E-state index contributed by atoms with van der Waals surface area (Å²) in [6, 6.07) is 10.2. The SMILES string of the molecule is COc1ccc(C(=O)Oc2ccc(C(C)=O)cc2)cc1S(=O)(=O)N1CCOCC1. The molecule has 1 fully saturated rings. The second kappa shape index (κ2) is 8.73. The molecule has 0 bridgehead atoms. The highest BCUT2D eigenvalue weighted by molar-refractivity contribution is 7.89. The zero-order valence-electron chi connectivity index (χ0n) is 16.1. The molecule has 2 aromatic rings. The Morgan fingerprint density at radius 1 is 1.00 bits per heavy atom. The third-order valence-corrected chi connectivity index (χ3v) is 6.38. The van der Waals surface area contributed by atoms with Gasteiger partial charge in [-0.15, -0.1) is 0 Å². The predicted octanol–water partition coefficient (Wildman–Crippen LogP) is 2.14. The maximum atomic E-state index is 13.0. The molecule has 0 aromatic heterocycles. The quantitative estimate of drug-likeness (QED) is 0.402. The van der Waals surface area contributed by atoms with Gasteiger partial charge >= 0.3 is 5.97 Å². The lowest BCUT2D eigenvalue weighted by molar-refractivity contribution is 0.0726. The Labute approximate surface area is 169 Å². The number of ether oxygens (including phenoxy) is 3. The standard InChI is InChI=1S/C20H21NO7S/c1-14(22)15-3-6-17(7-4-15)28-20(23)16-5-8-18(26-2)19(13-16)29(24,25)21-9-11-27-12-10-21/h3-8,13H,9-12H2,1-2H3. The van der Waals surface area contributed by atoms with E-state index in [2.05, 4.69) is 0 Å². The molecule has 1 aliphatic heterocycles. The summed E-state index contributed by atoms with van der Waals surface area (Å²) in [7, 11) is -2.50.